The summed E-state index contributed by atoms with van der Waals surface area (Å²) < 4.78 is 5.32. The normalized spacial score (nSPS) is 13.0. The number of ether oxygens (including phenoxy) is 1. The van der Waals surface area contributed by atoms with E-state index in [4.69, 9.17) is 4.74 Å². The first-order chi connectivity index (χ1) is 13.4. The lowest BCUT2D eigenvalue weighted by Gasteiger charge is -2.17. The molecule has 0 unspecified atom stereocenters. The standard InChI is InChI=1S/C22H22N2O4/c1-13-19(17-11-7-8-12-18(17)23-13)20(25)15(3)28-22(27)14(2)24-21(26)16-9-5-4-6-10-16/h4-12,14-15,23H,1-3H3,(H,24,26)/t14-,15-/m0/s1. The molecule has 0 aliphatic rings. The maximum absolute atomic E-state index is 12.9. The van der Waals surface area contributed by atoms with Crippen LogP contribution in [-0.2, 0) is 9.53 Å². The Labute approximate surface area is 162 Å². The van der Waals surface area contributed by atoms with Crippen LogP contribution in [0.25, 0.3) is 10.9 Å². The van der Waals surface area contributed by atoms with E-state index < -0.39 is 18.1 Å². The van der Waals surface area contributed by atoms with Crippen LogP contribution in [-0.4, -0.2) is 34.8 Å². The van der Waals surface area contributed by atoms with E-state index in [-0.39, 0.29) is 11.7 Å². The molecule has 28 heavy (non-hydrogen) atoms. The molecule has 1 aromatic heterocycles. The Hall–Kier alpha value is -3.41. The molecule has 0 aliphatic carbocycles. The van der Waals surface area contributed by atoms with Crippen LogP contribution in [0.15, 0.2) is 54.6 Å². The van der Waals surface area contributed by atoms with Gasteiger partial charge in [-0.25, -0.2) is 4.79 Å². The van der Waals surface area contributed by atoms with E-state index in [0.717, 1.165) is 16.6 Å². The van der Waals surface area contributed by atoms with Crippen LogP contribution < -0.4 is 5.32 Å². The van der Waals surface area contributed by atoms with Gasteiger partial charge in [0.2, 0.25) is 5.78 Å². The first-order valence-corrected chi connectivity index (χ1v) is 9.06. The van der Waals surface area contributed by atoms with Gasteiger partial charge in [-0.3, -0.25) is 9.59 Å². The Bertz CT molecular complexity index is 1020. The van der Waals surface area contributed by atoms with E-state index in [0.29, 0.717) is 11.1 Å². The van der Waals surface area contributed by atoms with E-state index in [9.17, 15) is 14.4 Å². The summed E-state index contributed by atoms with van der Waals surface area (Å²) in [6, 6.07) is 15.2. The number of aromatic nitrogens is 1. The van der Waals surface area contributed by atoms with Gasteiger partial charge < -0.3 is 15.0 Å². The molecular weight excluding hydrogens is 356 g/mol. The summed E-state index contributed by atoms with van der Waals surface area (Å²) in [5.74, 6) is -1.33. The van der Waals surface area contributed by atoms with Crippen molar-refractivity contribution >= 4 is 28.6 Å². The highest BCUT2D eigenvalue weighted by molar-refractivity contribution is 6.11. The van der Waals surface area contributed by atoms with E-state index in [1.165, 1.54) is 13.8 Å². The van der Waals surface area contributed by atoms with Crippen molar-refractivity contribution in [3.8, 4) is 0 Å². The molecule has 2 aromatic carbocycles. The Morgan fingerprint density at radius 2 is 1.61 bits per heavy atom. The number of aromatic amines is 1. The second-order valence-corrected chi connectivity index (χ2v) is 6.68. The molecule has 144 valence electrons. The summed E-state index contributed by atoms with van der Waals surface area (Å²) in [6.07, 6.45) is -0.971. The second-order valence-electron chi connectivity index (χ2n) is 6.68. The van der Waals surface area contributed by atoms with Crippen molar-refractivity contribution in [3.05, 3.63) is 71.4 Å². The second kappa shape index (κ2) is 8.08. The molecule has 0 spiro atoms. The molecule has 0 radical (unpaired) electrons. The maximum atomic E-state index is 12.9. The fourth-order valence-electron chi connectivity index (χ4n) is 3.06. The third-order valence-corrected chi connectivity index (χ3v) is 4.54. The third-order valence-electron chi connectivity index (χ3n) is 4.54. The number of carbonyl (C=O) groups is 3. The number of Topliss-reactive ketones (excluding diaryl/α,β-unsaturated/α-hetero) is 1. The molecule has 6 heteroatoms. The monoisotopic (exact) mass is 378 g/mol. The van der Waals surface area contributed by atoms with Gasteiger partial charge in [-0.1, -0.05) is 36.4 Å². The Morgan fingerprint density at radius 1 is 0.964 bits per heavy atom. The highest BCUT2D eigenvalue weighted by atomic mass is 16.5. The Balaban J connectivity index is 1.67. The van der Waals surface area contributed by atoms with Crippen molar-refractivity contribution < 1.29 is 19.1 Å². The third kappa shape index (κ3) is 3.96. The predicted molar refractivity (Wildman–Crippen MR) is 106 cm³/mol. The van der Waals surface area contributed by atoms with Crippen molar-refractivity contribution in [2.75, 3.05) is 0 Å². The number of carbonyl (C=O) groups excluding carboxylic acids is 3. The number of amides is 1. The van der Waals surface area contributed by atoms with E-state index in [1.807, 2.05) is 31.2 Å². The topological polar surface area (TPSA) is 88.3 Å². The molecule has 2 atom stereocenters. The molecule has 1 heterocycles. The molecule has 0 bridgehead atoms. The molecule has 3 rings (SSSR count). The van der Waals surface area contributed by atoms with Crippen LogP contribution in [0.3, 0.4) is 0 Å². The molecule has 6 nitrogen and oxygen atoms in total. The minimum atomic E-state index is -0.971. The van der Waals surface area contributed by atoms with Crippen molar-refractivity contribution in [1.82, 2.24) is 10.3 Å². The van der Waals surface area contributed by atoms with E-state index >= 15 is 0 Å². The maximum Gasteiger partial charge on any atom is 0.329 e. The molecule has 0 saturated carbocycles. The molecule has 3 aromatic rings. The number of aryl methyl sites for hydroxylation is 1. The number of hydrogen-bond donors (Lipinski definition) is 2. The summed E-state index contributed by atoms with van der Waals surface area (Å²) >= 11 is 0. The van der Waals surface area contributed by atoms with Gasteiger partial charge in [0.1, 0.15) is 6.04 Å². The number of rotatable bonds is 6. The summed E-state index contributed by atoms with van der Waals surface area (Å²) in [6.45, 7) is 4.87. The SMILES string of the molecule is Cc1[nH]c2ccccc2c1C(=O)[C@H](C)OC(=O)[C@H](C)NC(=O)c1ccccc1. The zero-order chi connectivity index (χ0) is 20.3. The summed E-state index contributed by atoms with van der Waals surface area (Å²) in [5.41, 5.74) is 2.53. The lowest BCUT2D eigenvalue weighted by molar-refractivity contribution is -0.148. The van der Waals surface area contributed by atoms with Crippen molar-refractivity contribution in [1.29, 1.82) is 0 Å². The number of hydrogen-bond acceptors (Lipinski definition) is 4. The zero-order valence-electron chi connectivity index (χ0n) is 16.0. The van der Waals surface area contributed by atoms with Gasteiger partial charge >= 0.3 is 5.97 Å². The minimum absolute atomic E-state index is 0.287. The smallest absolute Gasteiger partial charge is 0.329 e. The van der Waals surface area contributed by atoms with Crippen LogP contribution >= 0.6 is 0 Å². The number of nitrogens with one attached hydrogen (secondary N) is 2. The average Bonchev–Trinajstić information content (AvgIpc) is 3.03. The molecule has 0 fully saturated rings. The van der Waals surface area contributed by atoms with Gasteiger partial charge in [0.15, 0.2) is 6.10 Å². The zero-order valence-corrected chi connectivity index (χ0v) is 16.0. The predicted octanol–water partition coefficient (Wildman–Crippen LogP) is 3.41. The minimum Gasteiger partial charge on any atom is -0.453 e. The Morgan fingerprint density at radius 3 is 2.32 bits per heavy atom. The number of ketones is 1. The molecule has 1 amide bonds. The van der Waals surface area contributed by atoms with Crippen LogP contribution in [0.4, 0.5) is 0 Å². The van der Waals surface area contributed by atoms with Crippen LogP contribution in [0.2, 0.25) is 0 Å². The molecule has 2 N–H and O–H groups in total. The number of para-hydroxylation sites is 1. The summed E-state index contributed by atoms with van der Waals surface area (Å²) in [5, 5.41) is 3.38. The van der Waals surface area contributed by atoms with Gasteiger partial charge in [-0.05, 0) is 39.0 Å². The van der Waals surface area contributed by atoms with Gasteiger partial charge in [0.05, 0.1) is 0 Å². The molecular formula is C22H22N2O4. The van der Waals surface area contributed by atoms with Gasteiger partial charge in [0.25, 0.3) is 5.91 Å². The fraction of sp³-hybridized carbons (Fsp3) is 0.227. The lowest BCUT2D eigenvalue weighted by atomic mass is 10.0. The Kier molecular flexibility index (Phi) is 5.59. The van der Waals surface area contributed by atoms with Crippen molar-refractivity contribution in [3.63, 3.8) is 0 Å². The largest absolute Gasteiger partial charge is 0.453 e. The fourth-order valence-corrected chi connectivity index (χ4v) is 3.06. The van der Waals surface area contributed by atoms with E-state index in [1.54, 1.807) is 30.3 Å². The highest BCUT2D eigenvalue weighted by Crippen LogP contribution is 2.23. The van der Waals surface area contributed by atoms with Gasteiger partial charge in [0, 0.05) is 27.7 Å². The number of esters is 1. The number of fused-ring (bicyclic) bond motifs is 1. The first kappa shape index (κ1) is 19.4. The summed E-state index contributed by atoms with van der Waals surface area (Å²) in [7, 11) is 0. The highest BCUT2D eigenvalue weighted by Gasteiger charge is 2.27. The molecule has 0 aliphatic heterocycles. The van der Waals surface area contributed by atoms with Crippen LogP contribution in [0, 0.1) is 6.92 Å². The van der Waals surface area contributed by atoms with Crippen LogP contribution in [0.5, 0.6) is 0 Å². The first-order valence-electron chi connectivity index (χ1n) is 9.06. The number of H-pyrrole nitrogens is 1. The van der Waals surface area contributed by atoms with E-state index in [2.05, 4.69) is 10.3 Å². The van der Waals surface area contributed by atoms with Crippen molar-refractivity contribution in [2.24, 2.45) is 0 Å². The summed E-state index contributed by atoms with van der Waals surface area (Å²) in [4.78, 5) is 40.5. The lowest BCUT2D eigenvalue weighted by Crippen LogP contribution is -2.41. The quantitative estimate of drug-likeness (QED) is 0.508. The number of benzene rings is 2. The average molecular weight is 378 g/mol. The van der Waals surface area contributed by atoms with Gasteiger partial charge in [-0.2, -0.15) is 0 Å². The molecule has 0 saturated heterocycles. The van der Waals surface area contributed by atoms with Crippen molar-refractivity contribution in [2.45, 2.75) is 32.9 Å². The van der Waals surface area contributed by atoms with Gasteiger partial charge in [-0.15, -0.1) is 0 Å². The van der Waals surface area contributed by atoms with Crippen LogP contribution in [0.1, 0.15) is 40.3 Å².